The molecular weight excluding hydrogens is 267 g/mol. The molecule has 0 aromatic heterocycles. The summed E-state index contributed by atoms with van der Waals surface area (Å²) in [4.78, 5) is 11.7. The highest BCUT2D eigenvalue weighted by Gasteiger charge is 2.64. The SMILES string of the molecule is O=C(NC1(C(F)(F)F)CC1)C(Cl)c1ccccc1. The molecule has 0 aliphatic heterocycles. The number of nitrogens with one attached hydrogen (secondary N) is 1. The van der Waals surface area contributed by atoms with Crippen LogP contribution in [0.2, 0.25) is 0 Å². The van der Waals surface area contributed by atoms with E-state index < -0.39 is 23.0 Å². The van der Waals surface area contributed by atoms with Crippen LogP contribution in [0.5, 0.6) is 0 Å². The van der Waals surface area contributed by atoms with Crippen LogP contribution in [0.4, 0.5) is 13.2 Å². The quantitative estimate of drug-likeness (QED) is 0.845. The molecule has 18 heavy (non-hydrogen) atoms. The molecule has 2 nitrogen and oxygen atoms in total. The molecule has 1 N–H and O–H groups in total. The third-order valence-electron chi connectivity index (χ3n) is 2.98. The number of halogens is 4. The van der Waals surface area contributed by atoms with Gasteiger partial charge in [0.05, 0.1) is 0 Å². The van der Waals surface area contributed by atoms with Crippen LogP contribution in [0.15, 0.2) is 30.3 Å². The minimum absolute atomic E-state index is 0.0827. The number of hydrogen-bond donors (Lipinski definition) is 1. The van der Waals surface area contributed by atoms with Crippen molar-refractivity contribution in [2.45, 2.75) is 29.9 Å². The second-order valence-electron chi connectivity index (χ2n) is 4.34. The molecule has 0 bridgehead atoms. The summed E-state index contributed by atoms with van der Waals surface area (Å²) in [7, 11) is 0. The maximum Gasteiger partial charge on any atom is 0.411 e. The summed E-state index contributed by atoms with van der Waals surface area (Å²) in [6, 6.07) is 8.29. The first kappa shape index (κ1) is 13.2. The highest BCUT2D eigenvalue weighted by Crippen LogP contribution is 2.49. The molecule has 0 saturated heterocycles. The largest absolute Gasteiger partial charge is 0.411 e. The standard InChI is InChI=1S/C12H11ClF3NO/c13-9(8-4-2-1-3-5-8)10(18)17-11(6-7-11)12(14,15)16/h1-5,9H,6-7H2,(H,17,18). The number of benzene rings is 1. The lowest BCUT2D eigenvalue weighted by Gasteiger charge is -2.22. The number of carbonyl (C=O) groups excluding carboxylic acids is 1. The lowest BCUT2D eigenvalue weighted by atomic mass is 10.1. The Morgan fingerprint density at radius 1 is 1.28 bits per heavy atom. The fraction of sp³-hybridized carbons (Fsp3) is 0.417. The molecule has 1 atom stereocenters. The molecule has 0 heterocycles. The molecule has 1 amide bonds. The zero-order valence-electron chi connectivity index (χ0n) is 9.30. The van der Waals surface area contributed by atoms with E-state index in [-0.39, 0.29) is 12.8 Å². The molecule has 1 aromatic carbocycles. The summed E-state index contributed by atoms with van der Waals surface area (Å²) in [5.74, 6) is -0.808. The smallest absolute Gasteiger partial charge is 0.340 e. The summed E-state index contributed by atoms with van der Waals surface area (Å²) in [6.45, 7) is 0. The maximum absolute atomic E-state index is 12.7. The fourth-order valence-corrected chi connectivity index (χ4v) is 1.88. The van der Waals surface area contributed by atoms with E-state index in [9.17, 15) is 18.0 Å². The van der Waals surface area contributed by atoms with Crippen molar-refractivity contribution in [2.24, 2.45) is 0 Å². The number of carbonyl (C=O) groups is 1. The fourth-order valence-electron chi connectivity index (χ4n) is 1.68. The van der Waals surface area contributed by atoms with Crippen LogP contribution in [-0.2, 0) is 4.79 Å². The first-order chi connectivity index (χ1) is 8.36. The summed E-state index contributed by atoms with van der Waals surface area (Å²) in [5.41, 5.74) is -1.58. The van der Waals surface area contributed by atoms with Gasteiger partial charge in [-0.25, -0.2) is 0 Å². The van der Waals surface area contributed by atoms with Gasteiger partial charge in [0.1, 0.15) is 10.9 Å². The second kappa shape index (κ2) is 4.46. The number of hydrogen-bond acceptors (Lipinski definition) is 1. The van der Waals surface area contributed by atoms with Crippen LogP contribution >= 0.6 is 11.6 Å². The van der Waals surface area contributed by atoms with Gasteiger partial charge in [0.25, 0.3) is 0 Å². The second-order valence-corrected chi connectivity index (χ2v) is 4.78. The molecular formula is C12H11ClF3NO. The van der Waals surface area contributed by atoms with Gasteiger partial charge in [-0.2, -0.15) is 13.2 Å². The van der Waals surface area contributed by atoms with Gasteiger partial charge in [0.15, 0.2) is 0 Å². The Kier molecular flexibility index (Phi) is 3.27. The highest BCUT2D eigenvalue weighted by molar-refractivity contribution is 6.30. The van der Waals surface area contributed by atoms with Crippen molar-refractivity contribution >= 4 is 17.5 Å². The molecule has 98 valence electrons. The van der Waals surface area contributed by atoms with Crippen molar-refractivity contribution in [1.82, 2.24) is 5.32 Å². The Morgan fingerprint density at radius 2 is 1.83 bits per heavy atom. The van der Waals surface area contributed by atoms with Crippen molar-refractivity contribution in [1.29, 1.82) is 0 Å². The normalized spacial score (nSPS) is 19.1. The first-order valence-electron chi connectivity index (χ1n) is 5.43. The van der Waals surface area contributed by atoms with Gasteiger partial charge in [-0.15, -0.1) is 11.6 Å². The summed E-state index contributed by atoms with van der Waals surface area (Å²) in [6.07, 6.45) is -4.59. The predicted molar refractivity (Wildman–Crippen MR) is 61.2 cm³/mol. The van der Waals surface area contributed by atoms with Gasteiger partial charge >= 0.3 is 6.18 Å². The third kappa shape index (κ3) is 2.46. The zero-order valence-corrected chi connectivity index (χ0v) is 10.1. The van der Waals surface area contributed by atoms with E-state index in [1.165, 1.54) is 0 Å². The lowest BCUT2D eigenvalue weighted by molar-refractivity contribution is -0.170. The average Bonchev–Trinajstić information content (AvgIpc) is 3.09. The van der Waals surface area contributed by atoms with E-state index in [2.05, 4.69) is 0 Å². The van der Waals surface area contributed by atoms with Crippen LogP contribution in [0.3, 0.4) is 0 Å². The number of rotatable bonds is 3. The molecule has 1 saturated carbocycles. The number of amides is 1. The van der Waals surface area contributed by atoms with E-state index in [0.29, 0.717) is 5.56 Å². The molecule has 1 unspecified atom stereocenters. The molecule has 6 heteroatoms. The molecule has 1 aliphatic rings. The summed E-state index contributed by atoms with van der Waals surface area (Å²) in [5, 5.41) is 0.904. The van der Waals surface area contributed by atoms with E-state index in [1.807, 2.05) is 5.32 Å². The first-order valence-corrected chi connectivity index (χ1v) is 5.87. The molecule has 1 fully saturated rings. The Morgan fingerprint density at radius 3 is 2.28 bits per heavy atom. The van der Waals surface area contributed by atoms with E-state index in [4.69, 9.17) is 11.6 Å². The van der Waals surface area contributed by atoms with Crippen molar-refractivity contribution in [3.05, 3.63) is 35.9 Å². The lowest BCUT2D eigenvalue weighted by Crippen LogP contribution is -2.48. The van der Waals surface area contributed by atoms with E-state index >= 15 is 0 Å². The van der Waals surface area contributed by atoms with Crippen LogP contribution in [0.1, 0.15) is 23.8 Å². The van der Waals surface area contributed by atoms with Crippen LogP contribution < -0.4 is 5.32 Å². The van der Waals surface area contributed by atoms with Gasteiger partial charge in [-0.3, -0.25) is 4.79 Å². The van der Waals surface area contributed by atoms with Gasteiger partial charge in [0.2, 0.25) is 5.91 Å². The van der Waals surface area contributed by atoms with E-state index in [1.54, 1.807) is 30.3 Å². The van der Waals surface area contributed by atoms with Gasteiger partial charge in [-0.05, 0) is 18.4 Å². The van der Waals surface area contributed by atoms with Crippen LogP contribution in [-0.4, -0.2) is 17.6 Å². The van der Waals surface area contributed by atoms with Gasteiger partial charge in [0, 0.05) is 0 Å². The minimum atomic E-state index is -4.42. The summed E-state index contributed by atoms with van der Waals surface area (Å²) < 4.78 is 38.0. The van der Waals surface area contributed by atoms with Crippen molar-refractivity contribution in [3.8, 4) is 0 Å². The van der Waals surface area contributed by atoms with Crippen LogP contribution in [0, 0.1) is 0 Å². The van der Waals surface area contributed by atoms with Crippen molar-refractivity contribution in [3.63, 3.8) is 0 Å². The molecule has 2 rings (SSSR count). The van der Waals surface area contributed by atoms with Crippen LogP contribution in [0.25, 0.3) is 0 Å². The third-order valence-corrected chi connectivity index (χ3v) is 3.43. The zero-order chi connectivity index (χ0) is 13.4. The predicted octanol–water partition coefficient (Wildman–Crippen LogP) is 3.18. The Balaban J connectivity index is 2.06. The van der Waals surface area contributed by atoms with E-state index in [0.717, 1.165) is 0 Å². The van der Waals surface area contributed by atoms with Crippen molar-refractivity contribution < 1.29 is 18.0 Å². The molecule has 0 radical (unpaired) electrons. The molecule has 1 aliphatic carbocycles. The summed E-state index contributed by atoms with van der Waals surface area (Å²) >= 11 is 5.86. The molecule has 0 spiro atoms. The Labute approximate surface area is 107 Å². The molecule has 1 aromatic rings. The number of alkyl halides is 4. The van der Waals surface area contributed by atoms with Gasteiger partial charge in [-0.1, -0.05) is 30.3 Å². The highest BCUT2D eigenvalue weighted by atomic mass is 35.5. The Bertz CT molecular complexity index is 442. The minimum Gasteiger partial charge on any atom is -0.340 e. The van der Waals surface area contributed by atoms with Gasteiger partial charge < -0.3 is 5.32 Å². The Hall–Kier alpha value is -1.23. The van der Waals surface area contributed by atoms with Crippen molar-refractivity contribution in [2.75, 3.05) is 0 Å². The maximum atomic E-state index is 12.7. The average molecular weight is 278 g/mol. The monoisotopic (exact) mass is 277 g/mol. The topological polar surface area (TPSA) is 29.1 Å².